The summed E-state index contributed by atoms with van der Waals surface area (Å²) < 4.78 is 40.0. The summed E-state index contributed by atoms with van der Waals surface area (Å²) in [4.78, 5) is 0. The van der Waals surface area contributed by atoms with Crippen LogP contribution >= 0.6 is 0 Å². The molecule has 0 atom stereocenters. The van der Waals surface area contributed by atoms with Crippen molar-refractivity contribution in [3.8, 4) is 0 Å². The molecule has 0 heterocycles. The van der Waals surface area contributed by atoms with Crippen LogP contribution in [0.25, 0.3) is 0 Å². The van der Waals surface area contributed by atoms with E-state index in [0.717, 1.165) is 0 Å². The third-order valence-electron chi connectivity index (χ3n) is 0. The zero-order valence-corrected chi connectivity index (χ0v) is 9.14. The van der Waals surface area contributed by atoms with Crippen molar-refractivity contribution in [2.75, 3.05) is 0 Å². The maximum atomic E-state index is 8.74. The minimum atomic E-state index is -4.67. The first-order valence-corrected chi connectivity index (χ1v) is 3.60. The Labute approximate surface area is 75.5 Å². The Morgan fingerprint density at radius 3 is 1.25 bits per heavy atom. The van der Waals surface area contributed by atoms with Gasteiger partial charge in [-0.05, 0) is 0 Å². The summed E-state index contributed by atoms with van der Waals surface area (Å²) in [7, 11) is -4.67. The van der Waals surface area contributed by atoms with Crippen molar-refractivity contribution in [1.82, 2.24) is 0 Å². The van der Waals surface area contributed by atoms with Gasteiger partial charge in [-0.2, -0.15) is 8.42 Å². The average molecular weight is 206 g/mol. The SMILES string of the molecule is O=S(=O)(O)O.[H-].[H-].[Mg+2].[O]=[Zn]. The third kappa shape index (κ3) is 231. The molecule has 2 N–H and O–H groups in total. The van der Waals surface area contributed by atoms with Crippen LogP contribution in [0.4, 0.5) is 0 Å². The minimum absolute atomic E-state index is 0. The van der Waals surface area contributed by atoms with Gasteiger partial charge in [0.15, 0.2) is 0 Å². The summed E-state index contributed by atoms with van der Waals surface area (Å²) in [5.41, 5.74) is 0. The van der Waals surface area contributed by atoms with Gasteiger partial charge in [0.1, 0.15) is 0 Å². The maximum absolute atomic E-state index is 8.74. The van der Waals surface area contributed by atoms with Gasteiger partial charge in [-0.25, -0.2) is 0 Å². The first kappa shape index (κ1) is 16.0. The number of hydrogen-bond acceptors (Lipinski definition) is 3. The predicted molar refractivity (Wildman–Crippen MR) is 22.8 cm³/mol. The van der Waals surface area contributed by atoms with Crippen LogP contribution < -0.4 is 0 Å². The van der Waals surface area contributed by atoms with Gasteiger partial charge in [0.2, 0.25) is 0 Å². The molecular formula is H4MgO5SZn. The van der Waals surface area contributed by atoms with E-state index in [0.29, 0.717) is 0 Å². The van der Waals surface area contributed by atoms with Crippen molar-refractivity contribution in [2.24, 2.45) is 0 Å². The van der Waals surface area contributed by atoms with Gasteiger partial charge in [0.25, 0.3) is 0 Å². The van der Waals surface area contributed by atoms with Crippen LogP contribution in [0.3, 0.4) is 0 Å². The summed E-state index contributed by atoms with van der Waals surface area (Å²) in [6, 6.07) is 0. The Bertz CT molecular complexity index is 114. The van der Waals surface area contributed by atoms with E-state index in [-0.39, 0.29) is 44.2 Å². The van der Waals surface area contributed by atoms with E-state index >= 15 is 0 Å². The van der Waals surface area contributed by atoms with E-state index in [9.17, 15) is 0 Å². The molecule has 0 saturated heterocycles. The Morgan fingerprint density at radius 1 is 1.25 bits per heavy atom. The molecule has 0 aromatic heterocycles. The van der Waals surface area contributed by atoms with Crippen LogP contribution in [-0.2, 0) is 32.2 Å². The van der Waals surface area contributed by atoms with E-state index in [2.05, 4.69) is 0 Å². The molecule has 0 bridgehead atoms. The first-order chi connectivity index (χ1) is 3.00. The molecule has 0 amide bonds. The quantitative estimate of drug-likeness (QED) is 0.394. The molecule has 44 valence electrons. The van der Waals surface area contributed by atoms with Gasteiger partial charge in [-0.15, -0.1) is 0 Å². The van der Waals surface area contributed by atoms with Gasteiger partial charge < -0.3 is 2.85 Å². The molecule has 0 aliphatic carbocycles. The number of hydrogen-bond donors (Lipinski definition) is 2. The predicted octanol–water partition coefficient (Wildman–Crippen LogP) is -0.930. The molecule has 8 heavy (non-hydrogen) atoms. The first-order valence-electron chi connectivity index (χ1n) is 0.987. The summed E-state index contributed by atoms with van der Waals surface area (Å²) in [6.07, 6.45) is 0. The summed E-state index contributed by atoms with van der Waals surface area (Å²) in [5.74, 6) is 0. The van der Waals surface area contributed by atoms with Crippen LogP contribution in [0, 0.1) is 0 Å². The average Bonchev–Trinajstić information content (AvgIpc) is 1.36. The summed E-state index contributed by atoms with van der Waals surface area (Å²) in [6.45, 7) is 0. The molecule has 0 radical (unpaired) electrons. The molecule has 0 fully saturated rings. The van der Waals surface area contributed by atoms with E-state index < -0.39 is 10.4 Å². The van der Waals surface area contributed by atoms with Gasteiger partial charge in [0, 0.05) is 0 Å². The van der Waals surface area contributed by atoms with E-state index in [1.165, 1.54) is 0 Å². The van der Waals surface area contributed by atoms with Crippen LogP contribution in [0.5, 0.6) is 0 Å². The van der Waals surface area contributed by atoms with Crippen LogP contribution in [-0.4, -0.2) is 40.6 Å². The van der Waals surface area contributed by atoms with Crippen LogP contribution in [0.15, 0.2) is 0 Å². The van der Waals surface area contributed by atoms with Gasteiger partial charge >= 0.3 is 55.3 Å². The van der Waals surface area contributed by atoms with Gasteiger partial charge in [-0.3, -0.25) is 9.11 Å². The fourth-order valence-electron chi connectivity index (χ4n) is 0. The van der Waals surface area contributed by atoms with Crippen molar-refractivity contribution in [2.45, 2.75) is 0 Å². The van der Waals surface area contributed by atoms with Crippen LogP contribution in [0.2, 0.25) is 0 Å². The topological polar surface area (TPSA) is 91.7 Å². The molecule has 0 aromatic carbocycles. The molecule has 0 unspecified atom stereocenters. The third-order valence-corrected chi connectivity index (χ3v) is 0. The van der Waals surface area contributed by atoms with Gasteiger partial charge in [0.05, 0.1) is 0 Å². The van der Waals surface area contributed by atoms with Crippen molar-refractivity contribution in [1.29, 1.82) is 0 Å². The Hall–Kier alpha value is 1.06. The van der Waals surface area contributed by atoms with Gasteiger partial charge in [-0.1, -0.05) is 0 Å². The zero-order chi connectivity index (χ0) is 6.50. The molecule has 0 spiro atoms. The number of rotatable bonds is 0. The molecule has 0 aliphatic rings. The Kier molecular flexibility index (Phi) is 16.1. The van der Waals surface area contributed by atoms with Crippen molar-refractivity contribution < 1.29 is 42.2 Å². The Morgan fingerprint density at radius 2 is 1.25 bits per heavy atom. The second kappa shape index (κ2) is 8.06. The van der Waals surface area contributed by atoms with Crippen molar-refractivity contribution in [3.63, 3.8) is 0 Å². The van der Waals surface area contributed by atoms with E-state index in [1.807, 2.05) is 0 Å². The Balaban J connectivity index is -0.0000000154. The molecule has 5 nitrogen and oxygen atoms in total. The zero-order valence-electron chi connectivity index (χ0n) is 5.94. The summed E-state index contributed by atoms with van der Waals surface area (Å²) in [5, 5.41) is 0. The molecule has 0 aromatic rings. The van der Waals surface area contributed by atoms with E-state index in [1.54, 1.807) is 0 Å². The molecule has 0 aliphatic heterocycles. The van der Waals surface area contributed by atoms with Crippen molar-refractivity contribution >= 4 is 33.5 Å². The standard InChI is InChI=1S/Mg.H2O4S.O.Zn.2H/c;1-5(2,3)4;;;;/h;(H2,1,2,3,4);;;;/q+2;;;;2*-1. The second-order valence-corrected chi connectivity index (χ2v) is 1.34. The molecule has 0 saturated carbocycles. The second-order valence-electron chi connectivity index (χ2n) is 0.448. The summed E-state index contributed by atoms with van der Waals surface area (Å²) >= 11 is 0.125. The molecule has 0 rings (SSSR count). The monoisotopic (exact) mass is 204 g/mol. The molecular weight excluding hydrogens is 202 g/mol. The molecule has 8 heteroatoms. The fourth-order valence-corrected chi connectivity index (χ4v) is 0. The van der Waals surface area contributed by atoms with Crippen molar-refractivity contribution in [3.05, 3.63) is 0 Å². The fraction of sp³-hybridized carbons (Fsp3) is 0. The van der Waals surface area contributed by atoms with E-state index in [4.69, 9.17) is 21.1 Å². The van der Waals surface area contributed by atoms with Crippen LogP contribution in [0.1, 0.15) is 2.85 Å². The normalized spacial score (nSPS) is 8.00.